The number of anilines is 1. The Morgan fingerprint density at radius 2 is 1.33 bits per heavy atom. The Balaban J connectivity index is 2.73. The van der Waals surface area contributed by atoms with Gasteiger partial charge in [-0.25, -0.2) is 0 Å². The van der Waals surface area contributed by atoms with E-state index in [4.69, 9.17) is 9.47 Å². The van der Waals surface area contributed by atoms with E-state index < -0.39 is 5.79 Å². The fourth-order valence-corrected chi connectivity index (χ4v) is 4.37. The van der Waals surface area contributed by atoms with E-state index in [1.165, 1.54) is 50.6 Å². The SMILES string of the molecule is CCCCCCCCC(CCCNc1ccccc1)C(CC)(OC(C)C)OC(C)C. The zero-order valence-corrected chi connectivity index (χ0v) is 20.7. The van der Waals surface area contributed by atoms with Gasteiger partial charge in [0.2, 0.25) is 0 Å². The zero-order valence-electron chi connectivity index (χ0n) is 20.7. The van der Waals surface area contributed by atoms with Crippen molar-refractivity contribution < 1.29 is 9.47 Å². The molecule has 1 unspecified atom stereocenters. The quantitative estimate of drug-likeness (QED) is 0.192. The molecule has 0 amide bonds. The van der Waals surface area contributed by atoms with E-state index in [0.29, 0.717) is 5.92 Å². The highest BCUT2D eigenvalue weighted by Gasteiger charge is 2.40. The average molecular weight is 420 g/mol. The molecule has 3 nitrogen and oxygen atoms in total. The zero-order chi connectivity index (χ0) is 22.2. The monoisotopic (exact) mass is 419 g/mol. The first-order chi connectivity index (χ1) is 14.4. The van der Waals surface area contributed by atoms with Crippen LogP contribution in [0, 0.1) is 5.92 Å². The molecular formula is C27H49NO2. The number of rotatable bonds is 18. The van der Waals surface area contributed by atoms with Crippen LogP contribution in [0.2, 0.25) is 0 Å². The van der Waals surface area contributed by atoms with E-state index in [1.54, 1.807) is 0 Å². The molecule has 0 aliphatic heterocycles. The molecule has 1 N–H and O–H groups in total. The van der Waals surface area contributed by atoms with Crippen LogP contribution in [0.25, 0.3) is 0 Å². The Morgan fingerprint density at radius 1 is 0.767 bits per heavy atom. The molecule has 1 rings (SSSR count). The lowest BCUT2D eigenvalue weighted by Gasteiger charge is -2.43. The van der Waals surface area contributed by atoms with E-state index in [9.17, 15) is 0 Å². The number of benzene rings is 1. The summed E-state index contributed by atoms with van der Waals surface area (Å²) >= 11 is 0. The molecule has 0 heterocycles. The maximum Gasteiger partial charge on any atom is 0.171 e. The van der Waals surface area contributed by atoms with Crippen LogP contribution in [0.4, 0.5) is 5.69 Å². The minimum Gasteiger partial charge on any atom is -0.385 e. The molecule has 0 saturated carbocycles. The molecular weight excluding hydrogens is 370 g/mol. The third-order valence-corrected chi connectivity index (χ3v) is 5.72. The summed E-state index contributed by atoms with van der Waals surface area (Å²) in [5, 5.41) is 3.56. The van der Waals surface area contributed by atoms with Gasteiger partial charge in [-0.3, -0.25) is 0 Å². The predicted octanol–water partition coefficient (Wildman–Crippen LogP) is 8.20. The predicted molar refractivity (Wildman–Crippen MR) is 131 cm³/mol. The van der Waals surface area contributed by atoms with Gasteiger partial charge in [0.15, 0.2) is 5.79 Å². The largest absolute Gasteiger partial charge is 0.385 e. The van der Waals surface area contributed by atoms with E-state index in [-0.39, 0.29) is 12.2 Å². The van der Waals surface area contributed by atoms with Gasteiger partial charge in [0.1, 0.15) is 0 Å². The number of ether oxygens (including phenoxy) is 2. The van der Waals surface area contributed by atoms with E-state index in [1.807, 2.05) is 0 Å². The van der Waals surface area contributed by atoms with Gasteiger partial charge >= 0.3 is 0 Å². The van der Waals surface area contributed by atoms with Crippen molar-refractivity contribution >= 4 is 5.69 Å². The summed E-state index contributed by atoms with van der Waals surface area (Å²) in [6.45, 7) is 14.0. The minimum absolute atomic E-state index is 0.165. The van der Waals surface area contributed by atoms with Crippen LogP contribution in [-0.4, -0.2) is 24.5 Å². The lowest BCUT2D eigenvalue weighted by atomic mass is 9.85. The second-order valence-electron chi connectivity index (χ2n) is 9.19. The molecule has 0 bridgehead atoms. The summed E-state index contributed by atoms with van der Waals surface area (Å²) in [6.07, 6.45) is 12.6. The fraction of sp³-hybridized carbons (Fsp3) is 0.778. The minimum atomic E-state index is -0.474. The Morgan fingerprint density at radius 3 is 1.90 bits per heavy atom. The summed E-state index contributed by atoms with van der Waals surface area (Å²) in [4.78, 5) is 0. The van der Waals surface area contributed by atoms with Gasteiger partial charge in [-0.05, 0) is 65.5 Å². The maximum absolute atomic E-state index is 6.53. The van der Waals surface area contributed by atoms with Crippen molar-refractivity contribution in [3.63, 3.8) is 0 Å². The van der Waals surface area contributed by atoms with Gasteiger partial charge in [-0.15, -0.1) is 0 Å². The average Bonchev–Trinajstić information content (AvgIpc) is 2.71. The molecule has 3 heteroatoms. The van der Waals surface area contributed by atoms with Crippen molar-refractivity contribution in [2.75, 3.05) is 11.9 Å². The Labute approximate surface area is 187 Å². The summed E-state index contributed by atoms with van der Waals surface area (Å²) in [6, 6.07) is 10.5. The highest BCUT2D eigenvalue weighted by Crippen LogP contribution is 2.37. The van der Waals surface area contributed by atoms with Crippen molar-refractivity contribution in [3.05, 3.63) is 30.3 Å². The van der Waals surface area contributed by atoms with Crippen molar-refractivity contribution in [3.8, 4) is 0 Å². The maximum atomic E-state index is 6.53. The number of unbranched alkanes of at least 4 members (excludes halogenated alkanes) is 5. The van der Waals surface area contributed by atoms with Gasteiger partial charge in [0.25, 0.3) is 0 Å². The molecule has 0 radical (unpaired) electrons. The Hall–Kier alpha value is -1.06. The molecule has 1 aromatic rings. The van der Waals surface area contributed by atoms with Crippen molar-refractivity contribution in [1.82, 2.24) is 0 Å². The molecule has 174 valence electrons. The molecule has 1 atom stereocenters. The standard InChI is InChI=1S/C27H49NO2/c1-7-9-10-11-12-14-18-25(19-17-22-28-26-20-15-13-16-21-26)27(8-2,29-23(3)4)30-24(5)6/h13,15-16,20-21,23-25,28H,7-12,14,17-19,22H2,1-6H3. The van der Waals surface area contributed by atoms with Crippen LogP contribution in [0.5, 0.6) is 0 Å². The third kappa shape index (κ3) is 10.8. The lowest BCUT2D eigenvalue weighted by Crippen LogP contribution is -2.46. The van der Waals surface area contributed by atoms with Crippen molar-refractivity contribution in [2.24, 2.45) is 5.92 Å². The topological polar surface area (TPSA) is 30.5 Å². The summed E-state index contributed by atoms with van der Waals surface area (Å²) in [5.41, 5.74) is 1.20. The Bertz CT molecular complexity index is 505. The normalized spacial score (nSPS) is 13.2. The summed E-state index contributed by atoms with van der Waals surface area (Å²) < 4.78 is 13.1. The van der Waals surface area contributed by atoms with Crippen LogP contribution >= 0.6 is 0 Å². The number of hydrogen-bond acceptors (Lipinski definition) is 3. The van der Waals surface area contributed by atoms with Gasteiger partial charge < -0.3 is 14.8 Å². The molecule has 0 aliphatic rings. The molecule has 0 aliphatic carbocycles. The number of nitrogens with one attached hydrogen (secondary N) is 1. The summed E-state index contributed by atoms with van der Waals surface area (Å²) in [5.74, 6) is -0.0468. The molecule has 0 aromatic heterocycles. The van der Waals surface area contributed by atoms with Crippen LogP contribution in [-0.2, 0) is 9.47 Å². The van der Waals surface area contributed by atoms with Gasteiger partial charge in [0, 0.05) is 18.2 Å². The number of para-hydroxylation sites is 1. The van der Waals surface area contributed by atoms with E-state index in [2.05, 4.69) is 77.2 Å². The van der Waals surface area contributed by atoms with Gasteiger partial charge in [-0.1, -0.05) is 70.6 Å². The third-order valence-electron chi connectivity index (χ3n) is 5.72. The number of hydrogen-bond donors (Lipinski definition) is 1. The lowest BCUT2D eigenvalue weighted by molar-refractivity contribution is -0.299. The first kappa shape index (κ1) is 27.0. The highest BCUT2D eigenvalue weighted by molar-refractivity contribution is 5.42. The molecule has 30 heavy (non-hydrogen) atoms. The van der Waals surface area contributed by atoms with Crippen LogP contribution in [0.3, 0.4) is 0 Å². The van der Waals surface area contributed by atoms with Crippen LogP contribution in [0.15, 0.2) is 30.3 Å². The Kier molecular flexibility index (Phi) is 14.1. The van der Waals surface area contributed by atoms with E-state index in [0.717, 1.165) is 25.8 Å². The van der Waals surface area contributed by atoms with Crippen LogP contribution < -0.4 is 5.32 Å². The second kappa shape index (κ2) is 15.7. The first-order valence-electron chi connectivity index (χ1n) is 12.6. The fourth-order valence-electron chi connectivity index (χ4n) is 4.37. The van der Waals surface area contributed by atoms with E-state index >= 15 is 0 Å². The van der Waals surface area contributed by atoms with Crippen LogP contribution in [0.1, 0.15) is 106 Å². The second-order valence-corrected chi connectivity index (χ2v) is 9.19. The molecule has 0 saturated heterocycles. The highest BCUT2D eigenvalue weighted by atomic mass is 16.7. The van der Waals surface area contributed by atoms with Gasteiger partial charge in [0.05, 0.1) is 12.2 Å². The molecule has 1 aromatic carbocycles. The smallest absolute Gasteiger partial charge is 0.171 e. The van der Waals surface area contributed by atoms with Crippen molar-refractivity contribution in [2.45, 2.75) is 124 Å². The molecule has 0 fully saturated rings. The molecule has 0 spiro atoms. The van der Waals surface area contributed by atoms with Crippen molar-refractivity contribution in [1.29, 1.82) is 0 Å². The van der Waals surface area contributed by atoms with Gasteiger partial charge in [-0.2, -0.15) is 0 Å². The first-order valence-corrected chi connectivity index (χ1v) is 12.6. The summed E-state index contributed by atoms with van der Waals surface area (Å²) in [7, 11) is 0.